The molecular weight excluding hydrogens is 248 g/mol. The first kappa shape index (κ1) is 15.0. The second-order valence-electron chi connectivity index (χ2n) is 6.43. The second kappa shape index (κ2) is 5.96. The molecule has 1 aliphatic rings. The zero-order chi connectivity index (χ0) is 14.8. The Morgan fingerprint density at radius 1 is 1.30 bits per heavy atom. The largest absolute Gasteiger partial charge is 0.347 e. The molecule has 3 nitrogen and oxygen atoms in total. The predicted molar refractivity (Wildman–Crippen MR) is 82.3 cm³/mol. The quantitative estimate of drug-likeness (QED) is 0.887. The van der Waals surface area contributed by atoms with Crippen molar-refractivity contribution in [3.63, 3.8) is 0 Å². The van der Waals surface area contributed by atoms with Crippen molar-refractivity contribution in [2.75, 3.05) is 0 Å². The Morgan fingerprint density at radius 2 is 1.95 bits per heavy atom. The number of carbonyl (C=O) groups is 1. The molecule has 0 bridgehead atoms. The van der Waals surface area contributed by atoms with Crippen molar-refractivity contribution in [1.29, 1.82) is 0 Å². The number of nitrogens with two attached hydrogens (primary N) is 1. The molecular formula is C17H26N2O. The molecule has 1 fully saturated rings. The number of rotatable bonds is 4. The minimum atomic E-state index is -0.337. The standard InChI is InChI=1S/C17H26N2O/c1-4-12-5-8-14(9-6-12)17(2,3)19-16(20)13-7-10-15(18)11-13/h5-6,8-9,13,15H,4,7,10-11,18H2,1-3H3,(H,19,20). The Balaban J connectivity index is 2.03. The highest BCUT2D eigenvalue weighted by Gasteiger charge is 2.31. The van der Waals surface area contributed by atoms with E-state index in [1.54, 1.807) is 0 Å². The van der Waals surface area contributed by atoms with Crippen molar-refractivity contribution in [3.8, 4) is 0 Å². The van der Waals surface area contributed by atoms with Gasteiger partial charge in [-0.1, -0.05) is 31.2 Å². The van der Waals surface area contributed by atoms with Crippen molar-refractivity contribution in [2.45, 2.75) is 58.0 Å². The van der Waals surface area contributed by atoms with Gasteiger partial charge in [0.2, 0.25) is 5.91 Å². The van der Waals surface area contributed by atoms with E-state index in [1.807, 2.05) is 0 Å². The first-order valence-electron chi connectivity index (χ1n) is 7.59. The molecule has 2 atom stereocenters. The second-order valence-corrected chi connectivity index (χ2v) is 6.43. The van der Waals surface area contributed by atoms with Gasteiger partial charge in [-0.15, -0.1) is 0 Å². The third-order valence-electron chi connectivity index (χ3n) is 4.36. The fraction of sp³-hybridized carbons (Fsp3) is 0.588. The highest BCUT2D eigenvalue weighted by Crippen LogP contribution is 2.27. The summed E-state index contributed by atoms with van der Waals surface area (Å²) in [7, 11) is 0. The summed E-state index contributed by atoms with van der Waals surface area (Å²) in [6.45, 7) is 6.26. The van der Waals surface area contributed by atoms with Crippen molar-refractivity contribution < 1.29 is 4.79 Å². The van der Waals surface area contributed by atoms with E-state index in [0.29, 0.717) is 0 Å². The Labute approximate surface area is 121 Å². The third-order valence-corrected chi connectivity index (χ3v) is 4.36. The molecule has 0 aliphatic heterocycles. The number of hydrogen-bond donors (Lipinski definition) is 2. The van der Waals surface area contributed by atoms with Gasteiger partial charge >= 0.3 is 0 Å². The lowest BCUT2D eigenvalue weighted by Gasteiger charge is -2.28. The van der Waals surface area contributed by atoms with E-state index in [9.17, 15) is 4.79 Å². The SMILES string of the molecule is CCc1ccc(C(C)(C)NC(=O)C2CCC(N)C2)cc1. The van der Waals surface area contributed by atoms with Gasteiger partial charge in [-0.25, -0.2) is 0 Å². The predicted octanol–water partition coefficient (Wildman–Crippen LogP) is 2.73. The van der Waals surface area contributed by atoms with E-state index < -0.39 is 0 Å². The Morgan fingerprint density at radius 3 is 2.45 bits per heavy atom. The van der Waals surface area contributed by atoms with Crippen molar-refractivity contribution in [2.24, 2.45) is 11.7 Å². The molecule has 110 valence electrons. The van der Waals surface area contributed by atoms with Gasteiger partial charge in [-0.2, -0.15) is 0 Å². The molecule has 0 spiro atoms. The van der Waals surface area contributed by atoms with Crippen LogP contribution in [-0.2, 0) is 16.8 Å². The van der Waals surface area contributed by atoms with Crippen LogP contribution >= 0.6 is 0 Å². The number of carbonyl (C=O) groups excluding carboxylic acids is 1. The number of aryl methyl sites for hydroxylation is 1. The van der Waals surface area contributed by atoms with E-state index in [4.69, 9.17) is 5.73 Å². The number of amides is 1. The topological polar surface area (TPSA) is 55.1 Å². The minimum Gasteiger partial charge on any atom is -0.347 e. The Kier molecular flexibility index (Phi) is 4.48. The molecule has 1 aromatic rings. The summed E-state index contributed by atoms with van der Waals surface area (Å²) in [6, 6.07) is 8.68. The summed E-state index contributed by atoms with van der Waals surface area (Å²) >= 11 is 0. The fourth-order valence-electron chi connectivity index (χ4n) is 2.89. The number of nitrogens with one attached hydrogen (secondary N) is 1. The smallest absolute Gasteiger partial charge is 0.223 e. The third kappa shape index (κ3) is 3.40. The Hall–Kier alpha value is -1.35. The molecule has 0 radical (unpaired) electrons. The Bertz CT molecular complexity index is 464. The minimum absolute atomic E-state index is 0.0826. The molecule has 3 N–H and O–H groups in total. The van der Waals surface area contributed by atoms with Gasteiger partial charge in [-0.05, 0) is 50.7 Å². The van der Waals surface area contributed by atoms with Gasteiger partial charge in [0.1, 0.15) is 0 Å². The highest BCUT2D eigenvalue weighted by molar-refractivity contribution is 5.80. The first-order chi connectivity index (χ1) is 9.42. The molecule has 2 unspecified atom stereocenters. The number of benzene rings is 1. The summed E-state index contributed by atoms with van der Waals surface area (Å²) in [5.74, 6) is 0.224. The summed E-state index contributed by atoms with van der Waals surface area (Å²) in [5, 5.41) is 3.18. The molecule has 2 rings (SSSR count). The first-order valence-corrected chi connectivity index (χ1v) is 7.59. The monoisotopic (exact) mass is 274 g/mol. The maximum absolute atomic E-state index is 12.3. The summed E-state index contributed by atoms with van der Waals surface area (Å²) in [4.78, 5) is 12.3. The molecule has 0 saturated heterocycles. The van der Waals surface area contributed by atoms with Gasteiger partial charge in [0, 0.05) is 12.0 Å². The lowest BCUT2D eigenvalue weighted by Crippen LogP contribution is -2.43. The molecule has 3 heteroatoms. The molecule has 0 aromatic heterocycles. The van der Waals surface area contributed by atoms with Crippen LogP contribution in [0.1, 0.15) is 51.2 Å². The average molecular weight is 274 g/mol. The van der Waals surface area contributed by atoms with E-state index in [2.05, 4.69) is 50.4 Å². The van der Waals surface area contributed by atoms with Gasteiger partial charge in [0.15, 0.2) is 0 Å². The molecule has 1 saturated carbocycles. The van der Waals surface area contributed by atoms with E-state index in [-0.39, 0.29) is 23.4 Å². The van der Waals surface area contributed by atoms with Crippen LogP contribution < -0.4 is 11.1 Å². The molecule has 1 amide bonds. The normalized spacial score (nSPS) is 22.8. The number of hydrogen-bond acceptors (Lipinski definition) is 2. The maximum atomic E-state index is 12.3. The maximum Gasteiger partial charge on any atom is 0.223 e. The zero-order valence-electron chi connectivity index (χ0n) is 12.8. The van der Waals surface area contributed by atoms with Gasteiger partial charge < -0.3 is 11.1 Å². The van der Waals surface area contributed by atoms with Crippen molar-refractivity contribution in [1.82, 2.24) is 5.32 Å². The lowest BCUT2D eigenvalue weighted by atomic mass is 9.92. The van der Waals surface area contributed by atoms with Crippen LogP contribution in [0.2, 0.25) is 0 Å². The van der Waals surface area contributed by atoms with Crippen LogP contribution in [0.3, 0.4) is 0 Å². The molecule has 20 heavy (non-hydrogen) atoms. The summed E-state index contributed by atoms with van der Waals surface area (Å²) in [6.07, 6.45) is 3.73. The van der Waals surface area contributed by atoms with Crippen LogP contribution in [0, 0.1) is 5.92 Å². The summed E-state index contributed by atoms with van der Waals surface area (Å²) in [5.41, 5.74) is 8.01. The fourth-order valence-corrected chi connectivity index (χ4v) is 2.89. The van der Waals surface area contributed by atoms with Crippen molar-refractivity contribution >= 4 is 5.91 Å². The van der Waals surface area contributed by atoms with Gasteiger partial charge in [0.25, 0.3) is 0 Å². The van der Waals surface area contributed by atoms with Crippen LogP contribution in [0.4, 0.5) is 0 Å². The zero-order valence-corrected chi connectivity index (χ0v) is 12.8. The van der Waals surface area contributed by atoms with Crippen LogP contribution in [-0.4, -0.2) is 11.9 Å². The van der Waals surface area contributed by atoms with E-state index in [0.717, 1.165) is 31.2 Å². The lowest BCUT2D eigenvalue weighted by molar-refractivity contribution is -0.126. The van der Waals surface area contributed by atoms with E-state index >= 15 is 0 Å². The summed E-state index contributed by atoms with van der Waals surface area (Å²) < 4.78 is 0. The van der Waals surface area contributed by atoms with E-state index in [1.165, 1.54) is 5.56 Å². The molecule has 1 aromatic carbocycles. The van der Waals surface area contributed by atoms with Crippen LogP contribution in [0.5, 0.6) is 0 Å². The van der Waals surface area contributed by atoms with Crippen LogP contribution in [0.25, 0.3) is 0 Å². The van der Waals surface area contributed by atoms with Gasteiger partial charge in [-0.3, -0.25) is 4.79 Å². The van der Waals surface area contributed by atoms with Crippen LogP contribution in [0.15, 0.2) is 24.3 Å². The average Bonchev–Trinajstić information content (AvgIpc) is 2.85. The van der Waals surface area contributed by atoms with Gasteiger partial charge in [0.05, 0.1) is 5.54 Å². The highest BCUT2D eigenvalue weighted by atomic mass is 16.2. The van der Waals surface area contributed by atoms with Crippen molar-refractivity contribution in [3.05, 3.63) is 35.4 Å². The molecule has 1 aliphatic carbocycles. The molecule has 0 heterocycles.